The number of fused-ring (bicyclic) bond motifs is 2. The standard InChI is InChI=1S/C21H18N4O/c1-13(10-22)11-25-12-19-17(5-4-6-18(19)21(25)26)15-7-8-16-14(2)23-24(3)20(16)9-15/h4-9H,1,11-12H2,2-3H3. The Bertz CT molecular complexity index is 1120. The molecular formula is C21H18N4O. The zero-order chi connectivity index (χ0) is 18.4. The summed E-state index contributed by atoms with van der Waals surface area (Å²) >= 11 is 0. The first-order valence-electron chi connectivity index (χ1n) is 8.42. The molecule has 5 heteroatoms. The SMILES string of the molecule is C=C(C#N)CN1Cc2c(cccc2-c2ccc3c(C)nn(C)c3c2)C1=O. The average Bonchev–Trinajstić information content (AvgIpc) is 3.11. The third kappa shape index (κ3) is 2.39. The van der Waals surface area contributed by atoms with Crippen LogP contribution in [0.25, 0.3) is 22.0 Å². The second kappa shape index (κ2) is 5.85. The minimum Gasteiger partial charge on any atom is -0.329 e. The van der Waals surface area contributed by atoms with Gasteiger partial charge in [-0.15, -0.1) is 0 Å². The Morgan fingerprint density at radius 1 is 1.31 bits per heavy atom. The molecule has 0 saturated carbocycles. The van der Waals surface area contributed by atoms with Crippen molar-refractivity contribution in [3.8, 4) is 17.2 Å². The third-order valence-electron chi connectivity index (χ3n) is 4.93. The summed E-state index contributed by atoms with van der Waals surface area (Å²) in [5, 5.41) is 14.6. The van der Waals surface area contributed by atoms with Crippen LogP contribution in [0.1, 0.15) is 21.6 Å². The van der Waals surface area contributed by atoms with E-state index in [1.807, 2.05) is 42.9 Å². The molecule has 2 heterocycles. The molecular weight excluding hydrogens is 324 g/mol. The maximum absolute atomic E-state index is 12.7. The van der Waals surface area contributed by atoms with Crippen molar-refractivity contribution in [1.29, 1.82) is 5.26 Å². The van der Waals surface area contributed by atoms with Gasteiger partial charge >= 0.3 is 0 Å². The summed E-state index contributed by atoms with van der Waals surface area (Å²) in [6.45, 7) is 6.46. The number of aryl methyl sites for hydroxylation is 2. The molecule has 0 aliphatic carbocycles. The van der Waals surface area contributed by atoms with Crippen LogP contribution < -0.4 is 0 Å². The molecule has 5 nitrogen and oxygen atoms in total. The van der Waals surface area contributed by atoms with Crippen molar-refractivity contribution in [3.63, 3.8) is 0 Å². The van der Waals surface area contributed by atoms with Crippen LogP contribution in [0.5, 0.6) is 0 Å². The van der Waals surface area contributed by atoms with Crippen molar-refractivity contribution < 1.29 is 4.79 Å². The van der Waals surface area contributed by atoms with Crippen molar-refractivity contribution in [3.05, 3.63) is 65.4 Å². The Kier molecular flexibility index (Phi) is 3.62. The van der Waals surface area contributed by atoms with Gasteiger partial charge in [0.05, 0.1) is 23.8 Å². The highest BCUT2D eigenvalue weighted by molar-refractivity contribution is 6.01. The van der Waals surface area contributed by atoms with Gasteiger partial charge in [0.1, 0.15) is 0 Å². The van der Waals surface area contributed by atoms with Crippen LogP contribution in [0, 0.1) is 18.3 Å². The number of nitrogens with zero attached hydrogens (tertiary/aromatic N) is 4. The molecule has 2 aromatic carbocycles. The molecule has 1 aliphatic heterocycles. The van der Waals surface area contributed by atoms with E-state index in [1.165, 1.54) is 0 Å². The first-order chi connectivity index (χ1) is 12.5. The second-order valence-electron chi connectivity index (χ2n) is 6.65. The predicted molar refractivity (Wildman–Crippen MR) is 100 cm³/mol. The van der Waals surface area contributed by atoms with Crippen molar-refractivity contribution in [1.82, 2.24) is 14.7 Å². The minimum absolute atomic E-state index is 0.0456. The number of hydrogen-bond acceptors (Lipinski definition) is 3. The van der Waals surface area contributed by atoms with Crippen LogP contribution in [0.15, 0.2) is 48.6 Å². The number of amides is 1. The van der Waals surface area contributed by atoms with E-state index in [2.05, 4.69) is 29.9 Å². The van der Waals surface area contributed by atoms with E-state index in [0.717, 1.165) is 33.3 Å². The molecule has 0 spiro atoms. The fraction of sp³-hybridized carbons (Fsp3) is 0.190. The Morgan fingerprint density at radius 3 is 2.85 bits per heavy atom. The summed E-state index contributed by atoms with van der Waals surface area (Å²) < 4.78 is 1.88. The van der Waals surface area contributed by atoms with Gasteiger partial charge in [0.25, 0.3) is 5.91 Å². The third-order valence-corrected chi connectivity index (χ3v) is 4.93. The average molecular weight is 342 g/mol. The lowest BCUT2D eigenvalue weighted by atomic mass is 9.96. The fourth-order valence-electron chi connectivity index (χ4n) is 3.66. The van der Waals surface area contributed by atoms with Crippen LogP contribution >= 0.6 is 0 Å². The Morgan fingerprint density at radius 2 is 2.08 bits per heavy atom. The van der Waals surface area contributed by atoms with E-state index >= 15 is 0 Å². The van der Waals surface area contributed by atoms with Crippen molar-refractivity contribution >= 4 is 16.8 Å². The molecule has 0 bridgehead atoms. The van der Waals surface area contributed by atoms with E-state index in [4.69, 9.17) is 5.26 Å². The smallest absolute Gasteiger partial charge is 0.254 e. The molecule has 0 fully saturated rings. The molecule has 128 valence electrons. The number of carbonyl (C=O) groups excluding carboxylic acids is 1. The Hall–Kier alpha value is -3.39. The first kappa shape index (κ1) is 16.1. The van der Waals surface area contributed by atoms with E-state index in [1.54, 1.807) is 4.90 Å². The summed E-state index contributed by atoms with van der Waals surface area (Å²) in [4.78, 5) is 14.3. The van der Waals surface area contributed by atoms with Crippen LogP contribution in [0.3, 0.4) is 0 Å². The lowest BCUT2D eigenvalue weighted by molar-refractivity contribution is 0.0794. The number of carbonyl (C=O) groups is 1. The molecule has 4 rings (SSSR count). The molecule has 1 aliphatic rings. The largest absolute Gasteiger partial charge is 0.329 e. The summed E-state index contributed by atoms with van der Waals surface area (Å²) in [5.41, 5.74) is 6.27. The lowest BCUT2D eigenvalue weighted by Gasteiger charge is -2.14. The number of hydrogen-bond donors (Lipinski definition) is 0. The highest BCUT2D eigenvalue weighted by Gasteiger charge is 2.29. The van der Waals surface area contributed by atoms with E-state index < -0.39 is 0 Å². The minimum atomic E-state index is -0.0456. The lowest BCUT2D eigenvalue weighted by Crippen LogP contribution is -2.25. The van der Waals surface area contributed by atoms with Crippen molar-refractivity contribution in [2.75, 3.05) is 6.54 Å². The molecule has 1 amide bonds. The molecule has 0 unspecified atom stereocenters. The maximum Gasteiger partial charge on any atom is 0.254 e. The molecule has 1 aromatic heterocycles. The molecule has 0 radical (unpaired) electrons. The molecule has 26 heavy (non-hydrogen) atoms. The van der Waals surface area contributed by atoms with Crippen LogP contribution in [0.4, 0.5) is 0 Å². The van der Waals surface area contributed by atoms with Crippen LogP contribution in [-0.2, 0) is 13.6 Å². The van der Waals surface area contributed by atoms with Crippen LogP contribution in [0.2, 0.25) is 0 Å². The normalized spacial score (nSPS) is 13.1. The quantitative estimate of drug-likeness (QED) is 0.684. The molecule has 0 atom stereocenters. The van der Waals surface area contributed by atoms with Gasteiger partial charge in [-0.1, -0.05) is 30.8 Å². The van der Waals surface area contributed by atoms with Gasteiger partial charge in [0.2, 0.25) is 0 Å². The zero-order valence-corrected chi connectivity index (χ0v) is 14.8. The Balaban J connectivity index is 1.80. The van der Waals surface area contributed by atoms with Gasteiger partial charge in [0, 0.05) is 30.1 Å². The topological polar surface area (TPSA) is 61.9 Å². The van der Waals surface area contributed by atoms with Gasteiger partial charge in [0.15, 0.2) is 0 Å². The fourth-order valence-corrected chi connectivity index (χ4v) is 3.66. The number of rotatable bonds is 3. The molecule has 0 saturated heterocycles. The number of nitriles is 1. The predicted octanol–water partition coefficient (Wildman–Crippen LogP) is 3.58. The van der Waals surface area contributed by atoms with Crippen molar-refractivity contribution in [2.24, 2.45) is 7.05 Å². The maximum atomic E-state index is 12.7. The summed E-state index contributed by atoms with van der Waals surface area (Å²) in [5.74, 6) is -0.0456. The van der Waals surface area contributed by atoms with Gasteiger partial charge in [-0.3, -0.25) is 9.48 Å². The number of aromatic nitrogens is 2. The summed E-state index contributed by atoms with van der Waals surface area (Å²) in [6.07, 6.45) is 0. The zero-order valence-electron chi connectivity index (χ0n) is 14.8. The number of benzene rings is 2. The summed E-state index contributed by atoms with van der Waals surface area (Å²) in [6, 6.07) is 14.1. The monoisotopic (exact) mass is 342 g/mol. The Labute approximate surface area is 151 Å². The van der Waals surface area contributed by atoms with E-state index in [9.17, 15) is 4.79 Å². The van der Waals surface area contributed by atoms with E-state index in [0.29, 0.717) is 17.7 Å². The van der Waals surface area contributed by atoms with Gasteiger partial charge < -0.3 is 4.90 Å². The van der Waals surface area contributed by atoms with Gasteiger partial charge in [-0.25, -0.2) is 0 Å². The van der Waals surface area contributed by atoms with Crippen molar-refractivity contribution in [2.45, 2.75) is 13.5 Å². The van der Waals surface area contributed by atoms with Gasteiger partial charge in [-0.2, -0.15) is 10.4 Å². The summed E-state index contributed by atoms with van der Waals surface area (Å²) in [7, 11) is 1.94. The molecule has 3 aromatic rings. The highest BCUT2D eigenvalue weighted by atomic mass is 16.2. The van der Waals surface area contributed by atoms with Crippen LogP contribution in [-0.4, -0.2) is 27.1 Å². The molecule has 0 N–H and O–H groups in total. The van der Waals surface area contributed by atoms with Gasteiger partial charge in [-0.05, 0) is 35.7 Å². The first-order valence-corrected chi connectivity index (χ1v) is 8.42. The van der Waals surface area contributed by atoms with E-state index in [-0.39, 0.29) is 12.5 Å². The second-order valence-corrected chi connectivity index (χ2v) is 6.65. The highest BCUT2D eigenvalue weighted by Crippen LogP contribution is 2.34.